The van der Waals surface area contributed by atoms with Crippen LogP contribution in [-0.4, -0.2) is 43.1 Å². The monoisotopic (exact) mass is 419 g/mol. The fourth-order valence-corrected chi connectivity index (χ4v) is 3.40. The van der Waals surface area contributed by atoms with Gasteiger partial charge in [-0.05, 0) is 47.1 Å². The normalized spacial score (nSPS) is 15.9. The summed E-state index contributed by atoms with van der Waals surface area (Å²) in [5.74, 6) is 2.89. The van der Waals surface area contributed by atoms with Gasteiger partial charge in [-0.1, -0.05) is 18.2 Å². The summed E-state index contributed by atoms with van der Waals surface area (Å²) in [6.45, 7) is 5.59. The van der Waals surface area contributed by atoms with Crippen LogP contribution in [0.4, 0.5) is 0 Å². The molecule has 5 nitrogen and oxygen atoms in total. The summed E-state index contributed by atoms with van der Waals surface area (Å²) < 4.78 is 12.4. The van der Waals surface area contributed by atoms with E-state index in [9.17, 15) is 0 Å². The standard InChI is InChI=1S/C20H26BrN3O2/c1-2-22-20(23-13-10-17-8-9-19(21)26-17)24-14-11-18(12-15-24)25-16-6-4-3-5-7-16/h3-9,18H,2,10-15H2,1H3,(H,22,23). The van der Waals surface area contributed by atoms with Gasteiger partial charge in [0, 0.05) is 45.4 Å². The molecule has 0 radical (unpaired) electrons. The molecule has 0 saturated carbocycles. The van der Waals surface area contributed by atoms with E-state index in [1.165, 1.54) is 0 Å². The highest BCUT2D eigenvalue weighted by Gasteiger charge is 2.22. The second-order valence-corrected chi connectivity index (χ2v) is 7.09. The lowest BCUT2D eigenvalue weighted by Crippen LogP contribution is -2.47. The predicted octanol–water partition coefficient (Wildman–Crippen LogP) is 4.09. The molecule has 1 aliphatic heterocycles. The number of benzene rings is 1. The molecule has 0 atom stereocenters. The Morgan fingerprint density at radius 1 is 1.23 bits per heavy atom. The minimum atomic E-state index is 0.275. The number of para-hydroxylation sites is 1. The van der Waals surface area contributed by atoms with E-state index in [2.05, 4.69) is 33.1 Å². The maximum atomic E-state index is 6.08. The van der Waals surface area contributed by atoms with Crippen LogP contribution < -0.4 is 10.1 Å². The summed E-state index contributed by atoms with van der Waals surface area (Å²) in [5, 5.41) is 3.40. The molecule has 2 heterocycles. The first kappa shape index (κ1) is 18.8. The third-order valence-corrected chi connectivity index (χ3v) is 4.80. The molecule has 1 aromatic carbocycles. The van der Waals surface area contributed by atoms with Crippen molar-refractivity contribution in [3.05, 3.63) is 52.9 Å². The quantitative estimate of drug-likeness (QED) is 0.565. The molecule has 0 unspecified atom stereocenters. The number of ether oxygens (including phenoxy) is 1. The zero-order valence-corrected chi connectivity index (χ0v) is 16.7. The van der Waals surface area contributed by atoms with Crippen molar-refractivity contribution in [1.29, 1.82) is 0 Å². The number of halogens is 1. The second-order valence-electron chi connectivity index (χ2n) is 6.31. The van der Waals surface area contributed by atoms with Gasteiger partial charge >= 0.3 is 0 Å². The summed E-state index contributed by atoms with van der Waals surface area (Å²) in [6, 6.07) is 14.0. The van der Waals surface area contributed by atoms with Crippen LogP contribution >= 0.6 is 15.9 Å². The third kappa shape index (κ3) is 5.53. The van der Waals surface area contributed by atoms with Crippen LogP contribution in [0.3, 0.4) is 0 Å². The van der Waals surface area contributed by atoms with Crippen molar-refractivity contribution in [2.45, 2.75) is 32.3 Å². The molecular formula is C20H26BrN3O2. The highest BCUT2D eigenvalue weighted by molar-refractivity contribution is 9.10. The van der Waals surface area contributed by atoms with Gasteiger partial charge in [-0.2, -0.15) is 0 Å². The third-order valence-electron chi connectivity index (χ3n) is 4.37. The fraction of sp³-hybridized carbons (Fsp3) is 0.450. The van der Waals surface area contributed by atoms with Gasteiger partial charge in [0.05, 0.1) is 0 Å². The lowest BCUT2D eigenvalue weighted by Gasteiger charge is -2.34. The number of nitrogens with one attached hydrogen (secondary N) is 1. The molecule has 0 aliphatic carbocycles. The minimum absolute atomic E-state index is 0.275. The molecular weight excluding hydrogens is 394 g/mol. The van der Waals surface area contributed by atoms with Crippen molar-refractivity contribution >= 4 is 21.9 Å². The van der Waals surface area contributed by atoms with Crippen molar-refractivity contribution in [2.24, 2.45) is 4.99 Å². The number of rotatable bonds is 6. The summed E-state index contributed by atoms with van der Waals surface area (Å²) >= 11 is 3.33. The van der Waals surface area contributed by atoms with E-state index in [0.29, 0.717) is 6.54 Å². The molecule has 1 aromatic heterocycles. The largest absolute Gasteiger partial charge is 0.490 e. The van der Waals surface area contributed by atoms with Gasteiger partial charge in [0.2, 0.25) is 0 Å². The summed E-state index contributed by atoms with van der Waals surface area (Å²) in [5.41, 5.74) is 0. The van der Waals surface area contributed by atoms with Gasteiger partial charge in [-0.25, -0.2) is 0 Å². The topological polar surface area (TPSA) is 50.0 Å². The van der Waals surface area contributed by atoms with E-state index < -0.39 is 0 Å². The molecule has 3 rings (SSSR count). The smallest absolute Gasteiger partial charge is 0.193 e. The number of piperidine rings is 1. The van der Waals surface area contributed by atoms with Gasteiger partial charge in [0.25, 0.3) is 0 Å². The van der Waals surface area contributed by atoms with Crippen LogP contribution in [0.2, 0.25) is 0 Å². The first-order chi connectivity index (χ1) is 12.7. The molecule has 0 spiro atoms. The summed E-state index contributed by atoms with van der Waals surface area (Å²) in [7, 11) is 0. The molecule has 6 heteroatoms. The number of aliphatic imine (C=N–C) groups is 1. The first-order valence-electron chi connectivity index (χ1n) is 9.24. The van der Waals surface area contributed by atoms with E-state index in [-0.39, 0.29) is 6.10 Å². The maximum absolute atomic E-state index is 6.08. The Bertz CT molecular complexity index is 694. The van der Waals surface area contributed by atoms with Crippen LogP contribution in [0.15, 0.2) is 56.5 Å². The minimum Gasteiger partial charge on any atom is -0.490 e. The van der Waals surface area contributed by atoms with E-state index in [1.54, 1.807) is 0 Å². The molecule has 1 fully saturated rings. The van der Waals surface area contributed by atoms with Crippen LogP contribution in [0.25, 0.3) is 0 Å². The van der Waals surface area contributed by atoms with Crippen LogP contribution in [0.1, 0.15) is 25.5 Å². The van der Waals surface area contributed by atoms with Gasteiger partial charge in [0.1, 0.15) is 17.6 Å². The first-order valence-corrected chi connectivity index (χ1v) is 10.0. The van der Waals surface area contributed by atoms with E-state index in [1.807, 2.05) is 42.5 Å². The fourth-order valence-electron chi connectivity index (χ4n) is 3.06. The Hall–Kier alpha value is -1.95. The highest BCUT2D eigenvalue weighted by atomic mass is 79.9. The molecule has 1 N–H and O–H groups in total. The molecule has 0 amide bonds. The molecule has 140 valence electrons. The lowest BCUT2D eigenvalue weighted by molar-refractivity contribution is 0.129. The van der Waals surface area contributed by atoms with Crippen molar-refractivity contribution < 1.29 is 9.15 Å². The Balaban J connectivity index is 1.50. The SMILES string of the molecule is CCNC(=NCCc1ccc(Br)o1)N1CCC(Oc2ccccc2)CC1. The van der Waals surface area contributed by atoms with E-state index >= 15 is 0 Å². The Labute approximate surface area is 163 Å². The van der Waals surface area contributed by atoms with E-state index in [0.717, 1.165) is 61.0 Å². The molecule has 1 saturated heterocycles. The molecule has 2 aromatic rings. The zero-order valence-electron chi connectivity index (χ0n) is 15.2. The predicted molar refractivity (Wildman–Crippen MR) is 108 cm³/mol. The number of furan rings is 1. The average molecular weight is 420 g/mol. The average Bonchev–Trinajstić information content (AvgIpc) is 3.08. The Kier molecular flexibility index (Phi) is 7.00. The number of likely N-dealkylation sites (tertiary alicyclic amines) is 1. The molecule has 0 bridgehead atoms. The van der Waals surface area contributed by atoms with Crippen molar-refractivity contribution in [3.8, 4) is 5.75 Å². The van der Waals surface area contributed by atoms with Crippen molar-refractivity contribution in [2.75, 3.05) is 26.2 Å². The van der Waals surface area contributed by atoms with Crippen LogP contribution in [0, 0.1) is 0 Å². The van der Waals surface area contributed by atoms with Crippen LogP contribution in [0.5, 0.6) is 5.75 Å². The van der Waals surface area contributed by atoms with Gasteiger partial charge in [-0.3, -0.25) is 4.99 Å². The van der Waals surface area contributed by atoms with E-state index in [4.69, 9.17) is 14.1 Å². The number of hydrogen-bond donors (Lipinski definition) is 1. The summed E-state index contributed by atoms with van der Waals surface area (Å²) in [6.07, 6.45) is 3.08. The second kappa shape index (κ2) is 9.67. The zero-order chi connectivity index (χ0) is 18.2. The van der Waals surface area contributed by atoms with Crippen LogP contribution in [-0.2, 0) is 6.42 Å². The summed E-state index contributed by atoms with van der Waals surface area (Å²) in [4.78, 5) is 7.09. The van der Waals surface area contributed by atoms with Gasteiger partial charge in [0.15, 0.2) is 10.6 Å². The number of hydrogen-bond acceptors (Lipinski definition) is 3. The number of guanidine groups is 1. The Morgan fingerprint density at radius 3 is 2.65 bits per heavy atom. The molecule has 1 aliphatic rings. The Morgan fingerprint density at radius 2 is 2.00 bits per heavy atom. The van der Waals surface area contributed by atoms with Crippen molar-refractivity contribution in [1.82, 2.24) is 10.2 Å². The lowest BCUT2D eigenvalue weighted by atomic mass is 10.1. The maximum Gasteiger partial charge on any atom is 0.193 e. The van der Waals surface area contributed by atoms with Crippen molar-refractivity contribution in [3.63, 3.8) is 0 Å². The van der Waals surface area contributed by atoms with Gasteiger partial charge < -0.3 is 19.4 Å². The van der Waals surface area contributed by atoms with Gasteiger partial charge in [-0.15, -0.1) is 0 Å². The number of nitrogens with zero attached hydrogens (tertiary/aromatic N) is 2. The molecule has 26 heavy (non-hydrogen) atoms. The highest BCUT2D eigenvalue weighted by Crippen LogP contribution is 2.19.